The minimum absolute atomic E-state index is 0.147. The van der Waals surface area contributed by atoms with E-state index in [4.69, 9.17) is 0 Å². The summed E-state index contributed by atoms with van der Waals surface area (Å²) in [6, 6.07) is 0. The van der Waals surface area contributed by atoms with Gasteiger partial charge in [0.15, 0.2) is 9.84 Å². The predicted molar refractivity (Wildman–Crippen MR) is 60.3 cm³/mol. The Hall–Kier alpha value is 0.260. The summed E-state index contributed by atoms with van der Waals surface area (Å²) in [5, 5.41) is 3.27. The van der Waals surface area contributed by atoms with Crippen molar-refractivity contribution in [2.45, 2.75) is 35.8 Å². The van der Waals surface area contributed by atoms with E-state index in [9.17, 15) is 8.42 Å². The van der Waals surface area contributed by atoms with E-state index in [0.29, 0.717) is 0 Å². The first kappa shape index (κ1) is 10.8. The Morgan fingerprint density at radius 1 is 1.43 bits per heavy atom. The third kappa shape index (κ3) is 1.82. The molecule has 5 heteroatoms. The molecule has 2 fully saturated rings. The van der Waals surface area contributed by atoms with Crippen molar-refractivity contribution in [1.82, 2.24) is 5.32 Å². The van der Waals surface area contributed by atoms with Crippen molar-refractivity contribution < 1.29 is 8.42 Å². The lowest BCUT2D eigenvalue weighted by molar-refractivity contribution is 0.456. The van der Waals surface area contributed by atoms with E-state index in [0.717, 1.165) is 38.0 Å². The molecule has 1 spiro atoms. The van der Waals surface area contributed by atoms with Gasteiger partial charge in [0.25, 0.3) is 0 Å². The molecule has 2 atom stereocenters. The van der Waals surface area contributed by atoms with Crippen molar-refractivity contribution in [3.8, 4) is 0 Å². The summed E-state index contributed by atoms with van der Waals surface area (Å²) in [4.78, 5) is -0.147. The third-order valence-electron chi connectivity index (χ3n) is 3.16. The maximum absolute atomic E-state index is 11.7. The summed E-state index contributed by atoms with van der Waals surface area (Å²) in [6.45, 7) is 0.971. The maximum atomic E-state index is 11.7. The minimum atomic E-state index is -2.89. The van der Waals surface area contributed by atoms with Gasteiger partial charge in [0, 0.05) is 6.26 Å². The Morgan fingerprint density at radius 2 is 2.21 bits per heavy atom. The summed E-state index contributed by atoms with van der Waals surface area (Å²) in [5.41, 5.74) is 0. The summed E-state index contributed by atoms with van der Waals surface area (Å²) < 4.78 is 23.3. The maximum Gasteiger partial charge on any atom is 0.152 e. The Balaban J connectivity index is 2.24. The highest BCUT2D eigenvalue weighted by atomic mass is 32.2. The van der Waals surface area contributed by atoms with Crippen molar-refractivity contribution in [2.75, 3.05) is 18.6 Å². The first-order valence-electron chi connectivity index (χ1n) is 5.12. The van der Waals surface area contributed by atoms with Gasteiger partial charge in [-0.2, -0.15) is 0 Å². The van der Waals surface area contributed by atoms with Crippen LogP contribution in [0.25, 0.3) is 0 Å². The van der Waals surface area contributed by atoms with Gasteiger partial charge in [-0.15, -0.1) is 11.8 Å². The molecule has 2 aliphatic rings. The van der Waals surface area contributed by atoms with E-state index in [1.54, 1.807) is 0 Å². The smallest absolute Gasteiger partial charge is 0.152 e. The van der Waals surface area contributed by atoms with E-state index >= 15 is 0 Å². The number of thioether (sulfide) groups is 1. The average molecular weight is 235 g/mol. The lowest BCUT2D eigenvalue weighted by Crippen LogP contribution is -2.53. The molecule has 0 radical (unpaired) electrons. The molecule has 0 aromatic carbocycles. The Morgan fingerprint density at radius 3 is 2.79 bits per heavy atom. The first-order chi connectivity index (χ1) is 6.55. The van der Waals surface area contributed by atoms with E-state index in [2.05, 4.69) is 5.32 Å². The lowest BCUT2D eigenvalue weighted by Gasteiger charge is -2.38. The van der Waals surface area contributed by atoms with Crippen molar-refractivity contribution in [3.63, 3.8) is 0 Å². The highest BCUT2D eigenvalue weighted by Crippen LogP contribution is 2.44. The van der Waals surface area contributed by atoms with Gasteiger partial charge < -0.3 is 5.32 Å². The van der Waals surface area contributed by atoms with Crippen molar-refractivity contribution in [3.05, 3.63) is 0 Å². The van der Waals surface area contributed by atoms with Crippen LogP contribution in [0.2, 0.25) is 0 Å². The molecule has 1 saturated carbocycles. The summed E-state index contributed by atoms with van der Waals surface area (Å²) in [7, 11) is -2.89. The molecule has 0 bridgehead atoms. The SMILES string of the molecule is CS(=O)(=O)C1CCCC12NCCCS2. The van der Waals surface area contributed by atoms with Gasteiger partial charge >= 0.3 is 0 Å². The van der Waals surface area contributed by atoms with E-state index in [1.165, 1.54) is 6.26 Å². The Labute approximate surface area is 89.9 Å². The fourth-order valence-electron chi connectivity index (χ4n) is 2.55. The van der Waals surface area contributed by atoms with Crippen LogP contribution < -0.4 is 5.32 Å². The summed E-state index contributed by atoms with van der Waals surface area (Å²) >= 11 is 1.82. The number of nitrogens with one attached hydrogen (secondary N) is 1. The topological polar surface area (TPSA) is 46.2 Å². The first-order valence-corrected chi connectivity index (χ1v) is 8.06. The normalized spacial score (nSPS) is 39.1. The van der Waals surface area contributed by atoms with Gasteiger partial charge in [-0.3, -0.25) is 0 Å². The van der Waals surface area contributed by atoms with Gasteiger partial charge in [0.1, 0.15) is 0 Å². The van der Waals surface area contributed by atoms with Gasteiger partial charge in [0.05, 0.1) is 10.1 Å². The van der Waals surface area contributed by atoms with Crippen LogP contribution >= 0.6 is 11.8 Å². The molecule has 3 nitrogen and oxygen atoms in total. The fourth-order valence-corrected chi connectivity index (χ4v) is 6.21. The molecular weight excluding hydrogens is 218 g/mol. The van der Waals surface area contributed by atoms with Crippen LogP contribution in [0.3, 0.4) is 0 Å². The average Bonchev–Trinajstić information content (AvgIpc) is 2.49. The predicted octanol–water partition coefficient (Wildman–Crippen LogP) is 1.01. The second kappa shape index (κ2) is 3.68. The zero-order valence-electron chi connectivity index (χ0n) is 8.45. The molecule has 2 rings (SSSR count). The molecule has 82 valence electrons. The molecule has 1 heterocycles. The second-order valence-corrected chi connectivity index (χ2v) is 7.88. The number of sulfone groups is 1. The standard InChI is InChI=1S/C9H17NO2S2/c1-14(11,12)8-4-2-5-9(8)10-6-3-7-13-9/h8,10H,2-7H2,1H3. The Kier molecular flexibility index (Phi) is 2.83. The van der Waals surface area contributed by atoms with Gasteiger partial charge in [-0.1, -0.05) is 0 Å². The van der Waals surface area contributed by atoms with Crippen molar-refractivity contribution in [2.24, 2.45) is 0 Å². The molecule has 0 aromatic rings. The minimum Gasteiger partial charge on any atom is -0.302 e. The van der Waals surface area contributed by atoms with E-state index in [1.807, 2.05) is 11.8 Å². The molecule has 0 amide bonds. The zero-order chi connectivity index (χ0) is 10.2. The number of rotatable bonds is 1. The van der Waals surface area contributed by atoms with Crippen LogP contribution in [0.15, 0.2) is 0 Å². The Bertz CT molecular complexity index is 307. The molecule has 1 saturated heterocycles. The molecule has 1 aliphatic carbocycles. The molecular formula is C9H17NO2S2. The summed E-state index contributed by atoms with van der Waals surface area (Å²) in [5.74, 6) is 1.10. The molecule has 1 aliphatic heterocycles. The quantitative estimate of drug-likeness (QED) is 0.737. The van der Waals surface area contributed by atoms with Gasteiger partial charge in [-0.25, -0.2) is 8.42 Å². The number of hydrogen-bond donors (Lipinski definition) is 1. The van der Waals surface area contributed by atoms with Crippen LogP contribution in [0, 0.1) is 0 Å². The van der Waals surface area contributed by atoms with Gasteiger partial charge in [-0.05, 0) is 38.0 Å². The summed E-state index contributed by atoms with van der Waals surface area (Å²) in [6.07, 6.45) is 5.41. The third-order valence-corrected chi connectivity index (χ3v) is 6.62. The van der Waals surface area contributed by atoms with E-state index in [-0.39, 0.29) is 10.1 Å². The van der Waals surface area contributed by atoms with Crippen LogP contribution in [0.5, 0.6) is 0 Å². The van der Waals surface area contributed by atoms with Gasteiger partial charge in [0.2, 0.25) is 0 Å². The zero-order valence-corrected chi connectivity index (χ0v) is 10.1. The fraction of sp³-hybridized carbons (Fsp3) is 1.00. The van der Waals surface area contributed by atoms with Crippen LogP contribution in [-0.4, -0.2) is 37.1 Å². The van der Waals surface area contributed by atoms with Crippen LogP contribution in [-0.2, 0) is 9.84 Å². The highest BCUT2D eigenvalue weighted by Gasteiger charge is 2.48. The lowest BCUT2D eigenvalue weighted by atomic mass is 10.2. The highest BCUT2D eigenvalue weighted by molar-refractivity contribution is 8.02. The van der Waals surface area contributed by atoms with Crippen molar-refractivity contribution in [1.29, 1.82) is 0 Å². The largest absolute Gasteiger partial charge is 0.302 e. The van der Waals surface area contributed by atoms with E-state index < -0.39 is 9.84 Å². The van der Waals surface area contributed by atoms with Crippen molar-refractivity contribution >= 4 is 21.6 Å². The molecule has 0 aromatic heterocycles. The second-order valence-electron chi connectivity index (χ2n) is 4.23. The van der Waals surface area contributed by atoms with Crippen LogP contribution in [0.4, 0.5) is 0 Å². The molecule has 1 N–H and O–H groups in total. The van der Waals surface area contributed by atoms with Crippen LogP contribution in [0.1, 0.15) is 25.7 Å². The molecule has 2 unspecified atom stereocenters. The number of hydrogen-bond acceptors (Lipinski definition) is 4. The molecule has 14 heavy (non-hydrogen) atoms. The monoisotopic (exact) mass is 235 g/mol.